The quantitative estimate of drug-likeness (QED) is 0.781. The zero-order valence-corrected chi connectivity index (χ0v) is 13.0. The van der Waals surface area contributed by atoms with E-state index in [1.165, 1.54) is 0 Å². The second-order valence-corrected chi connectivity index (χ2v) is 4.64. The van der Waals surface area contributed by atoms with Crippen LogP contribution in [0.3, 0.4) is 0 Å². The van der Waals surface area contributed by atoms with Crippen LogP contribution < -0.4 is 5.32 Å². The molecule has 118 valence electrons. The van der Waals surface area contributed by atoms with Crippen molar-refractivity contribution in [1.82, 2.24) is 15.2 Å². The van der Waals surface area contributed by atoms with Crippen LogP contribution in [0.4, 0.5) is 0 Å². The fourth-order valence-electron chi connectivity index (χ4n) is 2.26. The molecule has 0 radical (unpaired) electrons. The van der Waals surface area contributed by atoms with Crippen LogP contribution in [0.1, 0.15) is 11.6 Å². The lowest BCUT2D eigenvalue weighted by atomic mass is 10.1. The fraction of sp³-hybridized carbons (Fsp3) is 0.571. The molecule has 21 heavy (non-hydrogen) atoms. The van der Waals surface area contributed by atoms with E-state index in [1.807, 2.05) is 23.2 Å². The summed E-state index contributed by atoms with van der Waals surface area (Å²) in [5.41, 5.74) is 1.05. The SMILES string of the molecule is COCCOCC(=O)N1CCNCC1c1cccnc1.Cl. The van der Waals surface area contributed by atoms with E-state index < -0.39 is 0 Å². The summed E-state index contributed by atoms with van der Waals surface area (Å²) < 4.78 is 10.2. The predicted octanol–water partition coefficient (Wildman–Crippen LogP) is 0.639. The third-order valence-corrected chi connectivity index (χ3v) is 3.29. The van der Waals surface area contributed by atoms with E-state index >= 15 is 0 Å². The van der Waals surface area contributed by atoms with Crippen LogP contribution in [0, 0.1) is 0 Å². The van der Waals surface area contributed by atoms with Gasteiger partial charge >= 0.3 is 0 Å². The van der Waals surface area contributed by atoms with Crippen LogP contribution in [0.25, 0.3) is 0 Å². The summed E-state index contributed by atoms with van der Waals surface area (Å²) in [5, 5.41) is 3.31. The monoisotopic (exact) mass is 315 g/mol. The Morgan fingerprint density at radius 1 is 1.52 bits per heavy atom. The number of pyridine rings is 1. The van der Waals surface area contributed by atoms with Gasteiger partial charge in [-0.1, -0.05) is 6.07 Å². The highest BCUT2D eigenvalue weighted by Gasteiger charge is 2.27. The van der Waals surface area contributed by atoms with Gasteiger partial charge in [0.15, 0.2) is 0 Å². The number of piperazine rings is 1. The number of halogens is 1. The van der Waals surface area contributed by atoms with E-state index in [2.05, 4.69) is 10.3 Å². The van der Waals surface area contributed by atoms with Crippen molar-refractivity contribution in [3.8, 4) is 0 Å². The van der Waals surface area contributed by atoms with Crippen molar-refractivity contribution in [2.45, 2.75) is 6.04 Å². The third kappa shape index (κ3) is 5.24. The molecule has 1 amide bonds. The Labute approximate surface area is 131 Å². The Morgan fingerprint density at radius 3 is 3.10 bits per heavy atom. The van der Waals surface area contributed by atoms with Crippen LogP contribution in [0.5, 0.6) is 0 Å². The van der Waals surface area contributed by atoms with Crippen LogP contribution in [-0.4, -0.2) is 62.4 Å². The van der Waals surface area contributed by atoms with E-state index in [4.69, 9.17) is 9.47 Å². The lowest BCUT2D eigenvalue weighted by Crippen LogP contribution is -2.49. The minimum absolute atomic E-state index is 0. The van der Waals surface area contributed by atoms with Crippen molar-refractivity contribution in [2.75, 3.05) is 46.6 Å². The van der Waals surface area contributed by atoms with Gasteiger partial charge in [0.25, 0.3) is 0 Å². The van der Waals surface area contributed by atoms with Crippen LogP contribution >= 0.6 is 12.4 Å². The van der Waals surface area contributed by atoms with E-state index in [-0.39, 0.29) is 31.0 Å². The zero-order valence-electron chi connectivity index (χ0n) is 12.2. The molecule has 0 bridgehead atoms. The number of carbonyl (C=O) groups is 1. The Morgan fingerprint density at radius 2 is 2.38 bits per heavy atom. The van der Waals surface area contributed by atoms with Crippen molar-refractivity contribution in [1.29, 1.82) is 0 Å². The predicted molar refractivity (Wildman–Crippen MR) is 81.5 cm³/mol. The summed E-state index contributed by atoms with van der Waals surface area (Å²) >= 11 is 0. The van der Waals surface area contributed by atoms with E-state index in [0.717, 1.165) is 18.7 Å². The molecule has 0 aliphatic carbocycles. The van der Waals surface area contributed by atoms with Crippen molar-refractivity contribution < 1.29 is 14.3 Å². The molecule has 7 heteroatoms. The van der Waals surface area contributed by atoms with Gasteiger partial charge < -0.3 is 19.7 Å². The zero-order chi connectivity index (χ0) is 14.2. The van der Waals surface area contributed by atoms with Gasteiger partial charge in [0, 0.05) is 39.1 Å². The molecule has 0 saturated carbocycles. The van der Waals surface area contributed by atoms with Gasteiger partial charge in [-0.05, 0) is 11.6 Å². The molecule has 1 saturated heterocycles. The van der Waals surface area contributed by atoms with Crippen molar-refractivity contribution >= 4 is 18.3 Å². The van der Waals surface area contributed by atoms with Crippen molar-refractivity contribution in [2.24, 2.45) is 0 Å². The molecule has 1 atom stereocenters. The molecule has 1 aromatic heterocycles. The lowest BCUT2D eigenvalue weighted by Gasteiger charge is -2.36. The molecule has 1 aliphatic heterocycles. The minimum Gasteiger partial charge on any atom is -0.382 e. The number of nitrogens with one attached hydrogen (secondary N) is 1. The molecule has 0 spiro atoms. The molecule has 1 aromatic rings. The molecular weight excluding hydrogens is 294 g/mol. The Balaban J connectivity index is 0.00000220. The number of hydrogen-bond acceptors (Lipinski definition) is 5. The lowest BCUT2D eigenvalue weighted by molar-refractivity contribution is -0.140. The average Bonchev–Trinajstić information content (AvgIpc) is 2.52. The maximum Gasteiger partial charge on any atom is 0.249 e. The summed E-state index contributed by atoms with van der Waals surface area (Å²) in [5.74, 6) is 0.0106. The highest BCUT2D eigenvalue weighted by Crippen LogP contribution is 2.21. The summed E-state index contributed by atoms with van der Waals surface area (Å²) in [6.45, 7) is 3.27. The van der Waals surface area contributed by atoms with Gasteiger partial charge in [0.2, 0.25) is 5.91 Å². The van der Waals surface area contributed by atoms with Crippen LogP contribution in [0.2, 0.25) is 0 Å². The number of aromatic nitrogens is 1. The number of carbonyl (C=O) groups excluding carboxylic acids is 1. The van der Waals surface area contributed by atoms with E-state index in [1.54, 1.807) is 13.3 Å². The molecule has 2 rings (SSSR count). The van der Waals surface area contributed by atoms with E-state index in [0.29, 0.717) is 19.8 Å². The maximum atomic E-state index is 12.3. The van der Waals surface area contributed by atoms with Gasteiger partial charge in [-0.25, -0.2) is 0 Å². The minimum atomic E-state index is 0. The second kappa shape index (κ2) is 9.68. The average molecular weight is 316 g/mol. The van der Waals surface area contributed by atoms with Crippen LogP contribution in [-0.2, 0) is 14.3 Å². The summed E-state index contributed by atoms with van der Waals surface area (Å²) in [4.78, 5) is 18.2. The molecule has 0 aromatic carbocycles. The van der Waals surface area contributed by atoms with Gasteiger partial charge in [0.05, 0.1) is 19.3 Å². The summed E-state index contributed by atoms with van der Waals surface area (Å²) in [6.07, 6.45) is 3.55. The molecule has 1 fully saturated rings. The molecule has 6 nitrogen and oxygen atoms in total. The number of ether oxygens (including phenoxy) is 2. The first-order chi connectivity index (χ1) is 9.83. The van der Waals surface area contributed by atoms with Crippen molar-refractivity contribution in [3.63, 3.8) is 0 Å². The maximum absolute atomic E-state index is 12.3. The molecule has 2 heterocycles. The topological polar surface area (TPSA) is 63.7 Å². The highest BCUT2D eigenvalue weighted by molar-refractivity contribution is 5.85. The highest BCUT2D eigenvalue weighted by atomic mass is 35.5. The van der Waals surface area contributed by atoms with Gasteiger partial charge in [-0.15, -0.1) is 12.4 Å². The van der Waals surface area contributed by atoms with Crippen LogP contribution in [0.15, 0.2) is 24.5 Å². The molecule has 1 N–H and O–H groups in total. The first-order valence-corrected chi connectivity index (χ1v) is 6.79. The number of methoxy groups -OCH3 is 1. The van der Waals surface area contributed by atoms with Gasteiger partial charge in [-0.2, -0.15) is 0 Å². The van der Waals surface area contributed by atoms with Gasteiger partial charge in [-0.3, -0.25) is 9.78 Å². The number of amides is 1. The Hall–Kier alpha value is -1.21. The number of nitrogens with zero attached hydrogens (tertiary/aromatic N) is 2. The molecule has 1 aliphatic rings. The normalized spacial score (nSPS) is 18.1. The largest absolute Gasteiger partial charge is 0.382 e. The molecule has 1 unspecified atom stereocenters. The Bertz CT molecular complexity index is 419. The summed E-state index contributed by atoms with van der Waals surface area (Å²) in [7, 11) is 1.61. The van der Waals surface area contributed by atoms with Crippen molar-refractivity contribution in [3.05, 3.63) is 30.1 Å². The van der Waals surface area contributed by atoms with E-state index in [9.17, 15) is 4.79 Å². The Kier molecular flexibility index (Phi) is 8.22. The first-order valence-electron chi connectivity index (χ1n) is 6.79. The fourth-order valence-corrected chi connectivity index (χ4v) is 2.26. The standard InChI is InChI=1S/C14H21N3O3.ClH/c1-19-7-8-20-11-14(18)17-6-5-16-10-13(17)12-3-2-4-15-9-12;/h2-4,9,13,16H,5-8,10-11H2,1H3;1H. The summed E-state index contributed by atoms with van der Waals surface area (Å²) in [6, 6.07) is 3.91. The first kappa shape index (κ1) is 17.8. The number of rotatable bonds is 6. The number of hydrogen-bond donors (Lipinski definition) is 1. The van der Waals surface area contributed by atoms with Gasteiger partial charge in [0.1, 0.15) is 6.61 Å². The third-order valence-electron chi connectivity index (χ3n) is 3.29. The second-order valence-electron chi connectivity index (χ2n) is 4.64. The molecular formula is C14H22ClN3O3. The smallest absolute Gasteiger partial charge is 0.249 e.